The van der Waals surface area contributed by atoms with E-state index in [0.717, 1.165) is 22.5 Å². The van der Waals surface area contributed by atoms with Crippen LogP contribution in [0, 0.1) is 16.0 Å². The lowest BCUT2D eigenvalue weighted by Crippen LogP contribution is -1.94. The van der Waals surface area contributed by atoms with Gasteiger partial charge in [-0.15, -0.1) is 0 Å². The number of hydrogen-bond donors (Lipinski definition) is 1. The molecule has 0 amide bonds. The molecule has 0 atom stereocenters. The molecule has 2 aromatic heterocycles. The molecule has 0 radical (unpaired) electrons. The smallest absolute Gasteiger partial charge is 0.122 e. The molecule has 3 rings (SSSR count). The molecule has 0 spiro atoms. The fourth-order valence-electron chi connectivity index (χ4n) is 2.18. The Morgan fingerprint density at radius 2 is 1.81 bits per heavy atom. The third-order valence-corrected chi connectivity index (χ3v) is 3.48. The summed E-state index contributed by atoms with van der Waals surface area (Å²) in [5, 5.41) is 9.37. The number of nitriles is 1. The van der Waals surface area contributed by atoms with Gasteiger partial charge >= 0.3 is 0 Å². The first-order chi connectivity index (χ1) is 10.3. The van der Waals surface area contributed by atoms with Gasteiger partial charge in [0.15, 0.2) is 0 Å². The van der Waals surface area contributed by atoms with Crippen molar-refractivity contribution in [2.45, 2.75) is 0 Å². The van der Waals surface area contributed by atoms with Crippen LogP contribution in [0.15, 0.2) is 60.8 Å². The molecule has 0 saturated carbocycles. The quantitative estimate of drug-likeness (QED) is 0.714. The first-order valence-electron chi connectivity index (χ1n) is 6.44. The first-order valence-corrected chi connectivity index (χ1v) is 6.84. The molecule has 0 saturated heterocycles. The Bertz CT molecular complexity index is 862. The van der Waals surface area contributed by atoms with Crippen LogP contribution in [0.25, 0.3) is 22.5 Å². The highest BCUT2D eigenvalue weighted by Crippen LogP contribution is 2.27. The van der Waals surface area contributed by atoms with Gasteiger partial charge in [-0.05, 0) is 23.8 Å². The molecule has 0 fully saturated rings. The molecule has 3 nitrogen and oxygen atoms in total. The standard InChI is InChI=1S/C17H11N3S/c18-11-14-13(12-6-2-1-3-7-12)10-16(20-17(14)21)15-8-4-5-9-19-15/h1-10H,(H,20,21). The van der Waals surface area contributed by atoms with E-state index < -0.39 is 0 Å². The summed E-state index contributed by atoms with van der Waals surface area (Å²) < 4.78 is 0.430. The highest BCUT2D eigenvalue weighted by atomic mass is 32.1. The van der Waals surface area contributed by atoms with Gasteiger partial charge in [0.2, 0.25) is 0 Å². The monoisotopic (exact) mass is 289 g/mol. The van der Waals surface area contributed by atoms with E-state index in [9.17, 15) is 5.26 Å². The van der Waals surface area contributed by atoms with Gasteiger partial charge in [-0.25, -0.2) is 0 Å². The van der Waals surface area contributed by atoms with E-state index in [2.05, 4.69) is 16.0 Å². The minimum atomic E-state index is 0.430. The van der Waals surface area contributed by atoms with Crippen molar-refractivity contribution in [3.05, 3.63) is 71.0 Å². The van der Waals surface area contributed by atoms with E-state index >= 15 is 0 Å². The third-order valence-electron chi connectivity index (χ3n) is 3.17. The number of hydrogen-bond acceptors (Lipinski definition) is 3. The van der Waals surface area contributed by atoms with E-state index in [1.165, 1.54) is 0 Å². The van der Waals surface area contributed by atoms with Crippen LogP contribution in [0.3, 0.4) is 0 Å². The van der Waals surface area contributed by atoms with Crippen LogP contribution in [0.5, 0.6) is 0 Å². The largest absolute Gasteiger partial charge is 0.344 e. The van der Waals surface area contributed by atoms with Crippen LogP contribution >= 0.6 is 12.2 Å². The van der Waals surface area contributed by atoms with Crippen LogP contribution in [0.1, 0.15) is 5.56 Å². The van der Waals surface area contributed by atoms with Gasteiger partial charge in [-0.1, -0.05) is 48.6 Å². The molecule has 3 aromatic rings. The molecule has 0 aliphatic heterocycles. The Labute approximate surface area is 127 Å². The zero-order chi connectivity index (χ0) is 14.7. The zero-order valence-electron chi connectivity index (χ0n) is 11.1. The predicted molar refractivity (Wildman–Crippen MR) is 85.0 cm³/mol. The first kappa shape index (κ1) is 13.2. The molecule has 4 heteroatoms. The molecular formula is C17H11N3S. The van der Waals surface area contributed by atoms with Gasteiger partial charge < -0.3 is 4.98 Å². The summed E-state index contributed by atoms with van der Waals surface area (Å²) in [6.07, 6.45) is 1.73. The van der Waals surface area contributed by atoms with Gasteiger partial charge in [0.25, 0.3) is 0 Å². The Hall–Kier alpha value is -2.77. The maximum Gasteiger partial charge on any atom is 0.122 e. The van der Waals surface area contributed by atoms with Crippen molar-refractivity contribution >= 4 is 12.2 Å². The summed E-state index contributed by atoms with van der Waals surface area (Å²) in [5.41, 5.74) is 3.87. The number of pyridine rings is 2. The summed E-state index contributed by atoms with van der Waals surface area (Å²) >= 11 is 5.32. The van der Waals surface area contributed by atoms with E-state index in [1.807, 2.05) is 54.6 Å². The second-order valence-corrected chi connectivity index (χ2v) is 4.90. The minimum Gasteiger partial charge on any atom is -0.344 e. The summed E-state index contributed by atoms with van der Waals surface area (Å²) in [5.74, 6) is 0. The molecule has 0 aliphatic carbocycles. The molecule has 0 unspecified atom stereocenters. The number of nitrogens with zero attached hydrogens (tertiary/aromatic N) is 2. The van der Waals surface area contributed by atoms with Crippen molar-refractivity contribution in [1.82, 2.24) is 9.97 Å². The SMILES string of the molecule is N#Cc1c(-c2ccccc2)cc(-c2ccccn2)[nH]c1=S. The van der Waals surface area contributed by atoms with Crippen LogP contribution in [0.4, 0.5) is 0 Å². The lowest BCUT2D eigenvalue weighted by Gasteiger charge is -2.08. The summed E-state index contributed by atoms with van der Waals surface area (Å²) in [6, 6.07) is 19.5. The number of aromatic amines is 1. The normalized spacial score (nSPS) is 10.0. The van der Waals surface area contributed by atoms with Gasteiger partial charge in [0, 0.05) is 11.8 Å². The Morgan fingerprint density at radius 1 is 1.05 bits per heavy atom. The number of H-pyrrole nitrogens is 1. The Morgan fingerprint density at radius 3 is 2.48 bits per heavy atom. The van der Waals surface area contributed by atoms with Gasteiger partial charge in [-0.2, -0.15) is 5.26 Å². The predicted octanol–water partition coefficient (Wildman–Crippen LogP) is 4.34. The van der Waals surface area contributed by atoms with E-state index in [1.54, 1.807) is 6.20 Å². The fourth-order valence-corrected chi connectivity index (χ4v) is 2.44. The number of nitrogens with one attached hydrogen (secondary N) is 1. The number of rotatable bonds is 2. The molecule has 21 heavy (non-hydrogen) atoms. The molecular weight excluding hydrogens is 278 g/mol. The molecule has 1 N–H and O–H groups in total. The van der Waals surface area contributed by atoms with E-state index in [4.69, 9.17) is 12.2 Å². The minimum absolute atomic E-state index is 0.430. The molecule has 1 aromatic carbocycles. The highest BCUT2D eigenvalue weighted by Gasteiger charge is 2.10. The molecule has 2 heterocycles. The van der Waals surface area contributed by atoms with Crippen molar-refractivity contribution in [3.8, 4) is 28.6 Å². The Balaban J connectivity index is 2.27. The lowest BCUT2D eigenvalue weighted by molar-refractivity contribution is 1.22. The van der Waals surface area contributed by atoms with Gasteiger partial charge in [0.1, 0.15) is 10.7 Å². The summed E-state index contributed by atoms with van der Waals surface area (Å²) in [4.78, 5) is 7.40. The molecule has 0 aliphatic rings. The van der Waals surface area contributed by atoms with E-state index in [-0.39, 0.29) is 0 Å². The maximum atomic E-state index is 9.37. The van der Waals surface area contributed by atoms with Gasteiger partial charge in [0.05, 0.1) is 17.0 Å². The van der Waals surface area contributed by atoms with Gasteiger partial charge in [-0.3, -0.25) is 4.98 Å². The summed E-state index contributed by atoms with van der Waals surface area (Å²) in [6.45, 7) is 0. The average Bonchev–Trinajstić information content (AvgIpc) is 2.55. The van der Waals surface area contributed by atoms with Crippen molar-refractivity contribution < 1.29 is 0 Å². The number of benzene rings is 1. The molecule has 100 valence electrons. The topological polar surface area (TPSA) is 52.5 Å². The maximum absolute atomic E-state index is 9.37. The van der Waals surface area contributed by atoms with Crippen molar-refractivity contribution in [2.75, 3.05) is 0 Å². The molecule has 0 bridgehead atoms. The van der Waals surface area contributed by atoms with Crippen LogP contribution < -0.4 is 0 Å². The van der Waals surface area contributed by atoms with Crippen LogP contribution in [-0.4, -0.2) is 9.97 Å². The second kappa shape index (κ2) is 5.70. The van der Waals surface area contributed by atoms with Crippen LogP contribution in [0.2, 0.25) is 0 Å². The van der Waals surface area contributed by atoms with E-state index in [0.29, 0.717) is 10.2 Å². The van der Waals surface area contributed by atoms with Crippen molar-refractivity contribution in [2.24, 2.45) is 0 Å². The number of aromatic nitrogens is 2. The second-order valence-electron chi connectivity index (χ2n) is 4.49. The van der Waals surface area contributed by atoms with Crippen LogP contribution in [-0.2, 0) is 0 Å². The average molecular weight is 289 g/mol. The zero-order valence-corrected chi connectivity index (χ0v) is 11.9. The van der Waals surface area contributed by atoms with Crippen molar-refractivity contribution in [3.63, 3.8) is 0 Å². The highest BCUT2D eigenvalue weighted by molar-refractivity contribution is 7.71. The Kier molecular flexibility index (Phi) is 3.59. The van der Waals surface area contributed by atoms with Crippen molar-refractivity contribution in [1.29, 1.82) is 5.26 Å². The fraction of sp³-hybridized carbons (Fsp3) is 0. The lowest BCUT2D eigenvalue weighted by atomic mass is 10.0. The third kappa shape index (κ3) is 2.60. The summed E-state index contributed by atoms with van der Waals surface area (Å²) in [7, 11) is 0.